The van der Waals surface area contributed by atoms with Crippen molar-refractivity contribution < 1.29 is 71.4 Å². The van der Waals surface area contributed by atoms with Crippen molar-refractivity contribution in [1.29, 1.82) is 0 Å². The van der Waals surface area contributed by atoms with Crippen molar-refractivity contribution in [3.63, 3.8) is 0 Å². The van der Waals surface area contributed by atoms with Gasteiger partial charge in [0.15, 0.2) is 17.2 Å². The van der Waals surface area contributed by atoms with Crippen LogP contribution in [0.1, 0.15) is 12.6 Å². The Balaban J connectivity index is 0.00000353. The molecule has 0 aliphatic rings. The predicted octanol–water partition coefficient (Wildman–Crippen LogP) is 2.95. The Bertz CT molecular complexity index is 1680. The zero-order chi connectivity index (χ0) is 27.2. The minimum absolute atomic E-state index is 0. The number of aliphatic carboxylic acids is 1. The van der Waals surface area contributed by atoms with E-state index in [1.165, 1.54) is 37.3 Å². The van der Waals surface area contributed by atoms with Crippen LogP contribution in [0.2, 0.25) is 5.02 Å². The Morgan fingerprint density at radius 2 is 1.79 bits per heavy atom. The molecule has 0 saturated carbocycles. The van der Waals surface area contributed by atoms with Crippen LogP contribution in [0.5, 0.6) is 23.0 Å². The SMILES string of the molecule is Cc1c(Oc2cccc(O[C@@H](C)C(=O)[O-])c2)c2cc(OC(F)(F)F)ccc2n1-c1noc2cc(Cl)ccc12.[Na+]. The van der Waals surface area contributed by atoms with Crippen LogP contribution in [-0.4, -0.2) is 28.2 Å². The minimum atomic E-state index is -4.89. The Morgan fingerprint density at radius 3 is 2.51 bits per heavy atom. The number of carbonyl (C=O) groups is 1. The number of hydrogen-bond donors (Lipinski definition) is 0. The minimum Gasteiger partial charge on any atom is -0.546 e. The molecule has 13 heteroatoms. The molecule has 0 amide bonds. The van der Waals surface area contributed by atoms with Crippen molar-refractivity contribution in [3.05, 3.63) is 71.4 Å². The fourth-order valence-electron chi connectivity index (χ4n) is 4.01. The first-order valence-electron chi connectivity index (χ1n) is 11.1. The fraction of sp³-hybridized carbons (Fsp3) is 0.154. The zero-order valence-electron chi connectivity index (χ0n) is 20.7. The number of alkyl halides is 3. The standard InChI is InChI=1S/C26H18ClF3N2O6.Na/c1-13-23(36-17-5-3-4-16(11-17)35-14(2)25(33)34)20-12-18(37-26(28,29)30)7-9-21(20)32(13)24-19-8-6-15(27)10-22(19)38-31-24;/h3-12,14H,1-2H3,(H,33,34);/q;+1/p-1/t14-;/m0./s1. The summed E-state index contributed by atoms with van der Waals surface area (Å²) in [7, 11) is 0. The van der Waals surface area contributed by atoms with Crippen LogP contribution in [0.25, 0.3) is 27.7 Å². The monoisotopic (exact) mass is 568 g/mol. The van der Waals surface area contributed by atoms with Crippen LogP contribution in [0.3, 0.4) is 0 Å². The van der Waals surface area contributed by atoms with E-state index in [9.17, 15) is 23.1 Å². The maximum absolute atomic E-state index is 13.0. The second kappa shape index (κ2) is 11.0. The molecule has 0 radical (unpaired) electrons. The van der Waals surface area contributed by atoms with E-state index in [0.717, 1.165) is 0 Å². The molecule has 0 fully saturated rings. The zero-order valence-corrected chi connectivity index (χ0v) is 23.5. The van der Waals surface area contributed by atoms with Crippen molar-refractivity contribution in [2.24, 2.45) is 0 Å². The van der Waals surface area contributed by atoms with Crippen LogP contribution in [0.15, 0.2) is 65.2 Å². The third-order valence-electron chi connectivity index (χ3n) is 5.65. The van der Waals surface area contributed by atoms with Gasteiger partial charge in [-0.15, -0.1) is 13.2 Å². The number of halogens is 4. The van der Waals surface area contributed by atoms with Gasteiger partial charge in [-0.3, -0.25) is 4.57 Å². The van der Waals surface area contributed by atoms with Crippen LogP contribution >= 0.6 is 11.6 Å². The molecule has 5 aromatic rings. The number of rotatable bonds is 7. The molecule has 0 bridgehead atoms. The van der Waals surface area contributed by atoms with Gasteiger partial charge >= 0.3 is 35.9 Å². The van der Waals surface area contributed by atoms with Crippen molar-refractivity contribution in [2.45, 2.75) is 26.3 Å². The predicted molar refractivity (Wildman–Crippen MR) is 129 cm³/mol. The average Bonchev–Trinajstić information content (AvgIpc) is 3.36. The first-order chi connectivity index (χ1) is 18.0. The molecule has 0 aliphatic heterocycles. The normalized spacial score (nSPS) is 12.3. The molecule has 3 aromatic carbocycles. The number of carboxylic acids is 1. The van der Waals surface area contributed by atoms with E-state index in [-0.39, 0.29) is 46.8 Å². The largest absolute Gasteiger partial charge is 1.00 e. The van der Waals surface area contributed by atoms with E-state index in [2.05, 4.69) is 9.89 Å². The third-order valence-corrected chi connectivity index (χ3v) is 5.88. The number of aromatic nitrogens is 2. The molecule has 0 N–H and O–H groups in total. The van der Waals surface area contributed by atoms with Crippen LogP contribution < -0.4 is 48.9 Å². The number of benzene rings is 3. The summed E-state index contributed by atoms with van der Waals surface area (Å²) in [5.74, 6) is -0.811. The van der Waals surface area contributed by atoms with E-state index in [1.807, 2.05) is 0 Å². The van der Waals surface area contributed by atoms with Gasteiger partial charge in [0.05, 0.1) is 22.6 Å². The number of fused-ring (bicyclic) bond motifs is 2. The van der Waals surface area contributed by atoms with Gasteiger partial charge in [-0.1, -0.05) is 22.8 Å². The summed E-state index contributed by atoms with van der Waals surface area (Å²) in [5.41, 5.74) is 1.37. The summed E-state index contributed by atoms with van der Waals surface area (Å²) in [6, 6.07) is 15.0. The third kappa shape index (κ3) is 5.96. The van der Waals surface area contributed by atoms with E-state index in [1.54, 1.807) is 41.8 Å². The summed E-state index contributed by atoms with van der Waals surface area (Å²) < 4.78 is 61.6. The molecule has 2 heterocycles. The summed E-state index contributed by atoms with van der Waals surface area (Å²) in [5, 5.41) is 16.6. The maximum Gasteiger partial charge on any atom is 1.00 e. The van der Waals surface area contributed by atoms with Crippen LogP contribution in [0, 0.1) is 6.92 Å². The first kappa shape index (κ1) is 28.6. The van der Waals surface area contributed by atoms with Crippen molar-refractivity contribution >= 4 is 39.4 Å². The maximum atomic E-state index is 13.0. The molecule has 39 heavy (non-hydrogen) atoms. The summed E-state index contributed by atoms with van der Waals surface area (Å²) >= 11 is 6.06. The molecular weight excluding hydrogens is 552 g/mol. The van der Waals surface area contributed by atoms with E-state index < -0.39 is 24.2 Å². The number of ether oxygens (including phenoxy) is 3. The first-order valence-corrected chi connectivity index (χ1v) is 11.5. The number of carboxylic acid groups (broad SMARTS) is 1. The molecule has 196 valence electrons. The Morgan fingerprint density at radius 1 is 1.05 bits per heavy atom. The van der Waals surface area contributed by atoms with Gasteiger partial charge in [-0.25, -0.2) is 0 Å². The average molecular weight is 569 g/mol. The van der Waals surface area contributed by atoms with Gasteiger partial charge in [0.1, 0.15) is 23.4 Å². The molecule has 0 spiro atoms. The topological polar surface area (TPSA) is 98.8 Å². The van der Waals surface area contributed by atoms with E-state index >= 15 is 0 Å². The van der Waals surface area contributed by atoms with Crippen molar-refractivity contribution in [2.75, 3.05) is 0 Å². The fourth-order valence-corrected chi connectivity index (χ4v) is 4.17. The molecular formula is C26H17ClF3N2NaO6. The van der Waals surface area contributed by atoms with Gasteiger partial charge in [0, 0.05) is 22.5 Å². The molecule has 0 aliphatic carbocycles. The second-order valence-electron chi connectivity index (χ2n) is 8.28. The van der Waals surface area contributed by atoms with E-state index in [4.69, 9.17) is 25.6 Å². The van der Waals surface area contributed by atoms with Crippen LogP contribution in [0.4, 0.5) is 13.2 Å². The van der Waals surface area contributed by atoms with Gasteiger partial charge in [0.2, 0.25) is 0 Å². The number of hydrogen-bond acceptors (Lipinski definition) is 7. The van der Waals surface area contributed by atoms with Gasteiger partial charge in [-0.2, -0.15) is 0 Å². The number of nitrogens with zero attached hydrogens (tertiary/aromatic N) is 2. The molecule has 2 aromatic heterocycles. The van der Waals surface area contributed by atoms with Crippen molar-refractivity contribution in [1.82, 2.24) is 9.72 Å². The second-order valence-corrected chi connectivity index (χ2v) is 8.72. The van der Waals surface area contributed by atoms with Gasteiger partial charge in [0.25, 0.3) is 0 Å². The molecule has 5 rings (SSSR count). The molecule has 8 nitrogen and oxygen atoms in total. The van der Waals surface area contributed by atoms with Crippen molar-refractivity contribution in [3.8, 4) is 28.8 Å². The number of carbonyl (C=O) groups excluding carboxylic acids is 1. The Kier molecular flexibility index (Phi) is 8.08. The van der Waals surface area contributed by atoms with E-state index in [0.29, 0.717) is 38.4 Å². The van der Waals surface area contributed by atoms with Crippen LogP contribution in [-0.2, 0) is 4.79 Å². The Hall–Kier alpha value is -3.38. The molecule has 0 saturated heterocycles. The Labute approximate surface area is 246 Å². The summed E-state index contributed by atoms with van der Waals surface area (Å²) in [6.07, 6.45) is -6.11. The summed E-state index contributed by atoms with van der Waals surface area (Å²) in [4.78, 5) is 11.0. The quantitative estimate of drug-likeness (QED) is 0.278. The summed E-state index contributed by atoms with van der Waals surface area (Å²) in [6.45, 7) is 3.02. The van der Waals surface area contributed by atoms with Gasteiger partial charge < -0.3 is 28.6 Å². The van der Waals surface area contributed by atoms with Gasteiger partial charge in [-0.05, 0) is 56.3 Å². The smallest absolute Gasteiger partial charge is 0.546 e. The molecule has 0 unspecified atom stereocenters. The molecule has 1 atom stereocenters.